The van der Waals surface area contributed by atoms with Crippen molar-refractivity contribution in [2.75, 3.05) is 0 Å². The molecule has 0 spiro atoms. The van der Waals surface area contributed by atoms with Crippen LogP contribution in [0.25, 0.3) is 0 Å². The van der Waals surface area contributed by atoms with Gasteiger partial charge in [-0.1, -0.05) is 15.9 Å². The van der Waals surface area contributed by atoms with E-state index >= 15 is 0 Å². The molecule has 0 unspecified atom stereocenters. The van der Waals surface area contributed by atoms with Crippen LogP contribution < -0.4 is 0 Å². The molecule has 2 aromatic rings. The zero-order chi connectivity index (χ0) is 13.3. The fourth-order valence-corrected chi connectivity index (χ4v) is 1.91. The summed E-state index contributed by atoms with van der Waals surface area (Å²) in [6.07, 6.45) is 0. The van der Waals surface area contributed by atoms with Gasteiger partial charge >= 0.3 is 0 Å². The van der Waals surface area contributed by atoms with Gasteiger partial charge in [0.25, 0.3) is 0 Å². The average molecular weight is 309 g/mol. The Morgan fingerprint density at radius 1 is 0.889 bits per heavy atom. The fourth-order valence-electron chi connectivity index (χ4n) is 1.55. The molecule has 92 valence electrons. The van der Waals surface area contributed by atoms with Crippen LogP contribution in [0.1, 0.15) is 15.9 Å². The number of rotatable bonds is 2. The third-order valence-electron chi connectivity index (χ3n) is 2.43. The summed E-state index contributed by atoms with van der Waals surface area (Å²) in [6, 6.07) is 8.11. The smallest absolute Gasteiger partial charge is 0.200 e. The number of ketones is 1. The SMILES string of the molecule is O=C(c1ccc(O)cc1O)c1cc(Br)ccc1O. The molecule has 18 heavy (non-hydrogen) atoms. The van der Waals surface area contributed by atoms with Crippen LogP contribution in [0.15, 0.2) is 40.9 Å². The summed E-state index contributed by atoms with van der Waals surface area (Å²) in [7, 11) is 0. The molecule has 0 aliphatic carbocycles. The molecule has 0 aliphatic heterocycles. The summed E-state index contributed by atoms with van der Waals surface area (Å²) in [6.45, 7) is 0. The number of aromatic hydroxyl groups is 3. The number of phenols is 3. The molecule has 0 saturated carbocycles. The van der Waals surface area contributed by atoms with Crippen molar-refractivity contribution < 1.29 is 20.1 Å². The third kappa shape index (κ3) is 2.31. The number of carbonyl (C=O) groups excluding carboxylic acids is 1. The molecule has 0 heterocycles. The van der Waals surface area contributed by atoms with E-state index in [4.69, 9.17) is 5.11 Å². The lowest BCUT2D eigenvalue weighted by Crippen LogP contribution is -2.02. The van der Waals surface area contributed by atoms with Gasteiger partial charge in [0.05, 0.1) is 11.1 Å². The lowest BCUT2D eigenvalue weighted by Gasteiger charge is -2.06. The molecular formula is C13H9BrO4. The van der Waals surface area contributed by atoms with Crippen molar-refractivity contribution in [1.82, 2.24) is 0 Å². The summed E-state index contributed by atoms with van der Waals surface area (Å²) in [4.78, 5) is 12.1. The number of hydrogen-bond acceptors (Lipinski definition) is 4. The standard InChI is InChI=1S/C13H9BrO4/c14-7-1-4-11(16)10(5-7)13(18)9-3-2-8(15)6-12(9)17/h1-6,15-17H. The zero-order valence-corrected chi connectivity index (χ0v) is 10.7. The van der Waals surface area contributed by atoms with Gasteiger partial charge < -0.3 is 15.3 Å². The lowest BCUT2D eigenvalue weighted by atomic mass is 10.0. The van der Waals surface area contributed by atoms with E-state index in [-0.39, 0.29) is 28.4 Å². The first-order valence-electron chi connectivity index (χ1n) is 5.04. The Balaban J connectivity index is 2.51. The molecule has 2 aromatic carbocycles. The second-order valence-electron chi connectivity index (χ2n) is 3.69. The van der Waals surface area contributed by atoms with E-state index in [1.165, 1.54) is 24.3 Å². The summed E-state index contributed by atoms with van der Waals surface area (Å²) < 4.78 is 0.641. The topological polar surface area (TPSA) is 77.8 Å². The van der Waals surface area contributed by atoms with Crippen molar-refractivity contribution in [3.63, 3.8) is 0 Å². The molecule has 3 N–H and O–H groups in total. The van der Waals surface area contributed by atoms with Crippen LogP contribution in [0, 0.1) is 0 Å². The Bertz CT molecular complexity index is 622. The van der Waals surface area contributed by atoms with Gasteiger partial charge in [0.15, 0.2) is 0 Å². The predicted octanol–water partition coefficient (Wildman–Crippen LogP) is 2.80. The number of halogens is 1. The molecular weight excluding hydrogens is 300 g/mol. The number of carbonyl (C=O) groups is 1. The van der Waals surface area contributed by atoms with Crippen LogP contribution >= 0.6 is 15.9 Å². The molecule has 0 radical (unpaired) electrons. The van der Waals surface area contributed by atoms with E-state index in [1.54, 1.807) is 6.07 Å². The van der Waals surface area contributed by atoms with Gasteiger partial charge in [-0.15, -0.1) is 0 Å². The molecule has 2 rings (SSSR count). The molecule has 0 bridgehead atoms. The minimum Gasteiger partial charge on any atom is -0.508 e. The van der Waals surface area contributed by atoms with Crippen LogP contribution in [0.5, 0.6) is 17.2 Å². The molecule has 0 amide bonds. The van der Waals surface area contributed by atoms with E-state index in [0.29, 0.717) is 4.47 Å². The average Bonchev–Trinajstić information content (AvgIpc) is 2.31. The van der Waals surface area contributed by atoms with Gasteiger partial charge in [-0.3, -0.25) is 4.79 Å². The van der Waals surface area contributed by atoms with Crippen LogP contribution in [-0.2, 0) is 0 Å². The van der Waals surface area contributed by atoms with E-state index < -0.39 is 5.78 Å². The molecule has 0 saturated heterocycles. The van der Waals surface area contributed by atoms with Crippen LogP contribution in [0.2, 0.25) is 0 Å². The normalized spacial score (nSPS) is 10.3. The second kappa shape index (κ2) is 4.70. The lowest BCUT2D eigenvalue weighted by molar-refractivity contribution is 0.103. The monoisotopic (exact) mass is 308 g/mol. The zero-order valence-electron chi connectivity index (χ0n) is 9.09. The second-order valence-corrected chi connectivity index (χ2v) is 4.61. The quantitative estimate of drug-likeness (QED) is 0.746. The summed E-state index contributed by atoms with van der Waals surface area (Å²) in [5.41, 5.74) is 0.0894. The maximum atomic E-state index is 12.1. The fraction of sp³-hybridized carbons (Fsp3) is 0. The largest absolute Gasteiger partial charge is 0.508 e. The highest BCUT2D eigenvalue weighted by atomic mass is 79.9. The third-order valence-corrected chi connectivity index (χ3v) is 2.92. The van der Waals surface area contributed by atoms with Crippen molar-refractivity contribution in [3.8, 4) is 17.2 Å². The van der Waals surface area contributed by atoms with Crippen molar-refractivity contribution >= 4 is 21.7 Å². The number of phenolic OH excluding ortho intramolecular Hbond substituents is 3. The Hall–Kier alpha value is -2.01. The maximum absolute atomic E-state index is 12.1. The van der Waals surface area contributed by atoms with Crippen LogP contribution in [0.3, 0.4) is 0 Å². The molecule has 0 aromatic heterocycles. The Morgan fingerprint density at radius 2 is 1.61 bits per heavy atom. The van der Waals surface area contributed by atoms with Crippen LogP contribution in [-0.4, -0.2) is 21.1 Å². The first-order valence-corrected chi connectivity index (χ1v) is 5.83. The predicted molar refractivity (Wildman–Crippen MR) is 69.0 cm³/mol. The van der Waals surface area contributed by atoms with E-state index in [0.717, 1.165) is 6.07 Å². The first-order chi connectivity index (χ1) is 8.49. The van der Waals surface area contributed by atoms with Gasteiger partial charge in [-0.05, 0) is 30.3 Å². The van der Waals surface area contributed by atoms with Crippen molar-refractivity contribution in [2.24, 2.45) is 0 Å². The van der Waals surface area contributed by atoms with Gasteiger partial charge in [-0.25, -0.2) is 0 Å². The van der Waals surface area contributed by atoms with E-state index in [1.807, 2.05) is 0 Å². The highest BCUT2D eigenvalue weighted by molar-refractivity contribution is 9.10. The highest BCUT2D eigenvalue weighted by Crippen LogP contribution is 2.29. The minimum atomic E-state index is -0.522. The molecule has 0 fully saturated rings. The summed E-state index contributed by atoms with van der Waals surface area (Å²) in [5, 5.41) is 28.4. The maximum Gasteiger partial charge on any atom is 0.200 e. The first kappa shape index (κ1) is 12.4. The van der Waals surface area contributed by atoms with Crippen molar-refractivity contribution in [2.45, 2.75) is 0 Å². The summed E-state index contributed by atoms with van der Waals surface area (Å²) in [5.74, 6) is -1.16. The van der Waals surface area contributed by atoms with Gasteiger partial charge in [-0.2, -0.15) is 0 Å². The highest BCUT2D eigenvalue weighted by Gasteiger charge is 2.17. The number of benzene rings is 2. The molecule has 5 heteroatoms. The Morgan fingerprint density at radius 3 is 2.28 bits per heavy atom. The van der Waals surface area contributed by atoms with Gasteiger partial charge in [0.2, 0.25) is 5.78 Å². The van der Waals surface area contributed by atoms with Crippen molar-refractivity contribution in [1.29, 1.82) is 0 Å². The van der Waals surface area contributed by atoms with Crippen LogP contribution in [0.4, 0.5) is 0 Å². The van der Waals surface area contributed by atoms with Crippen molar-refractivity contribution in [3.05, 3.63) is 52.0 Å². The Labute approximate surface area is 111 Å². The van der Waals surface area contributed by atoms with Gasteiger partial charge in [0.1, 0.15) is 17.2 Å². The number of hydrogen-bond donors (Lipinski definition) is 3. The molecule has 4 nitrogen and oxygen atoms in total. The summed E-state index contributed by atoms with van der Waals surface area (Å²) >= 11 is 3.20. The van der Waals surface area contributed by atoms with E-state index in [9.17, 15) is 15.0 Å². The molecule has 0 aliphatic rings. The molecule has 0 atom stereocenters. The van der Waals surface area contributed by atoms with E-state index in [2.05, 4.69) is 15.9 Å². The minimum absolute atomic E-state index is 0.0150. The van der Waals surface area contributed by atoms with Gasteiger partial charge in [0, 0.05) is 10.5 Å². The Kier molecular flexibility index (Phi) is 3.25.